The lowest BCUT2D eigenvalue weighted by Crippen LogP contribution is -2.20. The first kappa shape index (κ1) is 15.0. The molecule has 0 unspecified atom stereocenters. The van der Waals surface area contributed by atoms with Crippen LogP contribution in [0, 0.1) is 31.0 Å². The van der Waals surface area contributed by atoms with Crippen LogP contribution in [0.25, 0.3) is 0 Å². The van der Waals surface area contributed by atoms with Gasteiger partial charge in [-0.2, -0.15) is 5.26 Å². The summed E-state index contributed by atoms with van der Waals surface area (Å²) in [5.41, 5.74) is 1.31. The summed E-state index contributed by atoms with van der Waals surface area (Å²) < 4.78 is 18.5. The third kappa shape index (κ3) is 3.38. The zero-order valence-electron chi connectivity index (χ0n) is 11.6. The minimum absolute atomic E-state index is 0.0201. The number of nitrogens with one attached hydrogen (secondary N) is 1. The largest absolute Gasteiger partial charge is 0.481 e. The first-order chi connectivity index (χ1) is 10.0. The Morgan fingerprint density at radius 3 is 2.81 bits per heavy atom. The predicted octanol–water partition coefficient (Wildman–Crippen LogP) is 3.39. The van der Waals surface area contributed by atoms with Gasteiger partial charge in [0.25, 0.3) is 5.91 Å². The van der Waals surface area contributed by atoms with Crippen molar-refractivity contribution >= 4 is 22.2 Å². The summed E-state index contributed by atoms with van der Waals surface area (Å²) in [4.78, 5) is 12.8. The molecule has 1 aromatic heterocycles. The Morgan fingerprint density at radius 1 is 1.43 bits per heavy atom. The average molecular weight is 304 g/mol. The monoisotopic (exact) mass is 304 g/mol. The summed E-state index contributed by atoms with van der Waals surface area (Å²) in [7, 11) is 0. The zero-order valence-corrected chi connectivity index (χ0v) is 12.4. The number of para-hydroxylation sites is 1. The number of nitriles is 1. The second-order valence-electron chi connectivity index (χ2n) is 4.37. The minimum atomic E-state index is -0.522. The quantitative estimate of drug-likeness (QED) is 0.941. The van der Waals surface area contributed by atoms with E-state index in [0.717, 1.165) is 10.4 Å². The summed E-state index contributed by atoms with van der Waals surface area (Å²) in [6.07, 6.45) is 0. The summed E-state index contributed by atoms with van der Waals surface area (Å²) >= 11 is 1.33. The van der Waals surface area contributed by atoms with Crippen molar-refractivity contribution < 1.29 is 13.9 Å². The van der Waals surface area contributed by atoms with Crippen molar-refractivity contribution in [2.45, 2.75) is 13.8 Å². The topological polar surface area (TPSA) is 62.1 Å². The summed E-state index contributed by atoms with van der Waals surface area (Å²) in [6, 6.07) is 7.93. The number of halogens is 1. The number of thiophene rings is 1. The number of aryl methyl sites for hydroxylation is 1. The lowest BCUT2D eigenvalue weighted by atomic mass is 10.2. The normalized spacial score (nSPS) is 10.0. The van der Waals surface area contributed by atoms with E-state index in [4.69, 9.17) is 10.00 Å². The molecule has 108 valence electrons. The van der Waals surface area contributed by atoms with E-state index in [9.17, 15) is 9.18 Å². The van der Waals surface area contributed by atoms with Crippen LogP contribution < -0.4 is 10.1 Å². The fraction of sp³-hybridized carbons (Fsp3) is 0.200. The first-order valence-corrected chi connectivity index (χ1v) is 7.02. The van der Waals surface area contributed by atoms with Crippen LogP contribution in [0.5, 0.6) is 5.75 Å². The van der Waals surface area contributed by atoms with Crippen molar-refractivity contribution in [1.29, 1.82) is 5.26 Å². The van der Waals surface area contributed by atoms with Crippen molar-refractivity contribution in [3.8, 4) is 11.8 Å². The van der Waals surface area contributed by atoms with Gasteiger partial charge in [0.1, 0.15) is 11.1 Å². The van der Waals surface area contributed by atoms with E-state index < -0.39 is 11.7 Å². The molecular weight excluding hydrogens is 291 g/mol. The summed E-state index contributed by atoms with van der Waals surface area (Å²) in [5.74, 6) is -0.937. The first-order valence-electron chi connectivity index (χ1n) is 6.20. The molecule has 0 radical (unpaired) electrons. The van der Waals surface area contributed by atoms with Crippen molar-refractivity contribution in [3.63, 3.8) is 0 Å². The maximum absolute atomic E-state index is 13.3. The third-order valence-electron chi connectivity index (χ3n) is 2.95. The van der Waals surface area contributed by atoms with Crippen molar-refractivity contribution in [3.05, 3.63) is 46.1 Å². The second kappa shape index (κ2) is 6.37. The average Bonchev–Trinajstić information content (AvgIpc) is 2.72. The number of carbonyl (C=O) groups is 1. The molecule has 0 saturated carbocycles. The molecular formula is C15H13FN2O2S. The van der Waals surface area contributed by atoms with Gasteiger partial charge in [-0.15, -0.1) is 11.3 Å². The van der Waals surface area contributed by atoms with Crippen LogP contribution in [0.15, 0.2) is 24.3 Å². The van der Waals surface area contributed by atoms with Gasteiger partial charge in [0.15, 0.2) is 18.2 Å². The van der Waals surface area contributed by atoms with E-state index in [1.54, 1.807) is 12.1 Å². The van der Waals surface area contributed by atoms with E-state index in [1.165, 1.54) is 23.5 Å². The van der Waals surface area contributed by atoms with Crippen LogP contribution in [-0.4, -0.2) is 12.5 Å². The molecule has 2 rings (SSSR count). The lowest BCUT2D eigenvalue weighted by molar-refractivity contribution is -0.118. The maximum atomic E-state index is 13.3. The van der Waals surface area contributed by atoms with Gasteiger partial charge in [0.2, 0.25) is 0 Å². The van der Waals surface area contributed by atoms with Gasteiger partial charge in [-0.25, -0.2) is 4.39 Å². The molecule has 0 spiro atoms. The molecule has 21 heavy (non-hydrogen) atoms. The van der Waals surface area contributed by atoms with Gasteiger partial charge in [-0.3, -0.25) is 4.79 Å². The number of hydrogen-bond donors (Lipinski definition) is 1. The Labute approximate surface area is 125 Å². The Hall–Kier alpha value is -2.39. The van der Waals surface area contributed by atoms with Crippen molar-refractivity contribution in [1.82, 2.24) is 0 Å². The molecule has 0 aliphatic heterocycles. The van der Waals surface area contributed by atoms with Crippen LogP contribution in [-0.2, 0) is 4.79 Å². The van der Waals surface area contributed by atoms with Crippen LogP contribution in [0.3, 0.4) is 0 Å². The number of anilines is 1. The third-order valence-corrected chi connectivity index (χ3v) is 4.07. The molecule has 1 heterocycles. The Bertz CT molecular complexity index is 719. The molecule has 0 aliphatic rings. The van der Waals surface area contributed by atoms with E-state index >= 15 is 0 Å². The van der Waals surface area contributed by atoms with Crippen molar-refractivity contribution in [2.24, 2.45) is 0 Å². The maximum Gasteiger partial charge on any atom is 0.262 e. The van der Waals surface area contributed by atoms with Crippen molar-refractivity contribution in [2.75, 3.05) is 11.9 Å². The number of benzene rings is 1. The van der Waals surface area contributed by atoms with Crippen LogP contribution in [0.4, 0.5) is 9.39 Å². The van der Waals surface area contributed by atoms with Crippen LogP contribution >= 0.6 is 11.3 Å². The number of carbonyl (C=O) groups excluding carboxylic acids is 1. The summed E-state index contributed by atoms with van der Waals surface area (Å²) in [5, 5.41) is 12.2. The molecule has 1 aromatic carbocycles. The molecule has 0 fully saturated rings. The van der Waals surface area contributed by atoms with E-state index in [2.05, 4.69) is 11.4 Å². The lowest BCUT2D eigenvalue weighted by Gasteiger charge is -2.07. The minimum Gasteiger partial charge on any atom is -0.481 e. The highest BCUT2D eigenvalue weighted by molar-refractivity contribution is 7.16. The zero-order chi connectivity index (χ0) is 15.4. The fourth-order valence-corrected chi connectivity index (χ4v) is 2.74. The smallest absolute Gasteiger partial charge is 0.262 e. The molecule has 2 aromatic rings. The Kier molecular flexibility index (Phi) is 4.55. The Morgan fingerprint density at radius 2 is 2.14 bits per heavy atom. The molecule has 0 aliphatic carbocycles. The number of nitrogens with zero attached hydrogens (tertiary/aromatic N) is 1. The molecule has 1 N–H and O–H groups in total. The molecule has 6 heteroatoms. The van der Waals surface area contributed by atoms with E-state index in [-0.39, 0.29) is 12.4 Å². The predicted molar refractivity (Wildman–Crippen MR) is 79.0 cm³/mol. The standard InChI is InChI=1S/C15H13FN2O2S/c1-9-10(2)21-15(11(9)7-17)18-14(19)8-20-13-6-4-3-5-12(13)16/h3-6H,8H2,1-2H3,(H,18,19). The number of ether oxygens (including phenoxy) is 1. The van der Waals surface area contributed by atoms with Gasteiger partial charge in [0.05, 0.1) is 5.56 Å². The second-order valence-corrected chi connectivity index (χ2v) is 5.59. The molecule has 0 atom stereocenters. The highest BCUT2D eigenvalue weighted by Crippen LogP contribution is 2.31. The number of rotatable bonds is 4. The molecule has 4 nitrogen and oxygen atoms in total. The molecule has 0 bridgehead atoms. The van der Waals surface area contributed by atoms with E-state index in [0.29, 0.717) is 10.6 Å². The van der Waals surface area contributed by atoms with E-state index in [1.807, 2.05) is 13.8 Å². The van der Waals surface area contributed by atoms with Gasteiger partial charge in [-0.1, -0.05) is 12.1 Å². The van der Waals surface area contributed by atoms with Crippen LogP contribution in [0.2, 0.25) is 0 Å². The van der Waals surface area contributed by atoms with Gasteiger partial charge < -0.3 is 10.1 Å². The fourth-order valence-electron chi connectivity index (χ4n) is 1.72. The number of amides is 1. The van der Waals surface area contributed by atoms with Crippen LogP contribution in [0.1, 0.15) is 16.0 Å². The molecule has 0 saturated heterocycles. The summed E-state index contributed by atoms with van der Waals surface area (Å²) in [6.45, 7) is 3.39. The number of hydrogen-bond acceptors (Lipinski definition) is 4. The highest BCUT2D eigenvalue weighted by Gasteiger charge is 2.15. The molecule has 1 amide bonds. The SMILES string of the molecule is Cc1sc(NC(=O)COc2ccccc2F)c(C#N)c1C. The van der Waals surface area contributed by atoms with Gasteiger partial charge >= 0.3 is 0 Å². The highest BCUT2D eigenvalue weighted by atomic mass is 32.1. The van der Waals surface area contributed by atoms with Gasteiger partial charge in [0, 0.05) is 4.88 Å². The Balaban J connectivity index is 2.02. The van der Waals surface area contributed by atoms with Gasteiger partial charge in [-0.05, 0) is 31.5 Å².